The second-order valence-electron chi connectivity index (χ2n) is 6.35. The van der Waals surface area contributed by atoms with Crippen LogP contribution >= 0.6 is 15.9 Å². The Morgan fingerprint density at radius 1 is 1.25 bits per heavy atom. The highest BCUT2D eigenvalue weighted by Crippen LogP contribution is 2.37. The van der Waals surface area contributed by atoms with Crippen LogP contribution in [0.5, 0.6) is 0 Å². The summed E-state index contributed by atoms with van der Waals surface area (Å²) in [6.07, 6.45) is 3.56. The Labute approximate surface area is 130 Å². The van der Waals surface area contributed by atoms with Gasteiger partial charge in [0.05, 0.1) is 6.10 Å². The van der Waals surface area contributed by atoms with E-state index in [0.717, 1.165) is 18.8 Å². The van der Waals surface area contributed by atoms with Crippen molar-refractivity contribution in [2.45, 2.75) is 51.7 Å². The van der Waals surface area contributed by atoms with Crippen LogP contribution in [0.2, 0.25) is 0 Å². The van der Waals surface area contributed by atoms with E-state index in [4.69, 9.17) is 4.74 Å². The average Bonchev–Trinajstić information content (AvgIpc) is 2.43. The number of hydrogen-bond acceptors (Lipinski definition) is 1. The predicted molar refractivity (Wildman–Crippen MR) is 84.6 cm³/mol. The van der Waals surface area contributed by atoms with Gasteiger partial charge in [0.15, 0.2) is 0 Å². The van der Waals surface area contributed by atoms with Crippen molar-refractivity contribution in [1.29, 1.82) is 0 Å². The minimum Gasteiger partial charge on any atom is -0.366 e. The molecule has 1 aliphatic rings. The van der Waals surface area contributed by atoms with Crippen molar-refractivity contribution < 1.29 is 9.13 Å². The molecule has 1 nitrogen and oxygen atoms in total. The molecule has 1 fully saturated rings. The third-order valence-corrected chi connectivity index (χ3v) is 5.75. The second-order valence-corrected chi connectivity index (χ2v) is 6.91. The summed E-state index contributed by atoms with van der Waals surface area (Å²) < 4.78 is 20.4. The van der Waals surface area contributed by atoms with Crippen LogP contribution in [0.3, 0.4) is 0 Å². The topological polar surface area (TPSA) is 9.23 Å². The normalized spacial score (nSPS) is 29.9. The highest BCUT2D eigenvalue weighted by Gasteiger charge is 2.35. The Balaban J connectivity index is 2.14. The molecular weight excluding hydrogens is 319 g/mol. The molecule has 0 heterocycles. The molecule has 0 spiro atoms. The minimum absolute atomic E-state index is 0.188. The molecule has 1 aromatic rings. The van der Waals surface area contributed by atoms with Crippen LogP contribution in [0.25, 0.3) is 0 Å². The molecule has 20 heavy (non-hydrogen) atoms. The zero-order chi connectivity index (χ0) is 14.8. The first-order chi connectivity index (χ1) is 9.46. The monoisotopic (exact) mass is 342 g/mol. The van der Waals surface area contributed by atoms with E-state index < -0.39 is 5.60 Å². The standard InChI is InChI=1S/C17H24BrFO/c1-12-8-9-14(10-13(12)2)20-17(3,11-18)15-6-4-5-7-16(15)19/h4-7,12-14H,8-11H2,1-3H3. The van der Waals surface area contributed by atoms with Gasteiger partial charge in [0, 0.05) is 10.9 Å². The van der Waals surface area contributed by atoms with E-state index in [-0.39, 0.29) is 11.9 Å². The lowest BCUT2D eigenvalue weighted by molar-refractivity contribution is -0.0988. The number of ether oxygens (including phenoxy) is 1. The van der Waals surface area contributed by atoms with E-state index in [9.17, 15) is 4.39 Å². The van der Waals surface area contributed by atoms with Gasteiger partial charge in [-0.25, -0.2) is 4.39 Å². The maximum atomic E-state index is 14.1. The van der Waals surface area contributed by atoms with E-state index in [1.165, 1.54) is 12.5 Å². The Hall–Kier alpha value is -0.410. The fourth-order valence-corrected chi connectivity index (χ4v) is 3.46. The van der Waals surface area contributed by atoms with Gasteiger partial charge < -0.3 is 4.74 Å². The van der Waals surface area contributed by atoms with Gasteiger partial charge in [-0.15, -0.1) is 0 Å². The number of hydrogen-bond donors (Lipinski definition) is 0. The van der Waals surface area contributed by atoms with Crippen LogP contribution in [0.4, 0.5) is 4.39 Å². The molecule has 0 aromatic heterocycles. The molecule has 0 saturated heterocycles. The van der Waals surface area contributed by atoms with Crippen molar-refractivity contribution in [2.75, 3.05) is 5.33 Å². The van der Waals surface area contributed by atoms with Gasteiger partial charge in [0.1, 0.15) is 11.4 Å². The number of rotatable bonds is 4. The van der Waals surface area contributed by atoms with Crippen LogP contribution in [0.15, 0.2) is 24.3 Å². The fourth-order valence-electron chi connectivity index (χ4n) is 3.03. The van der Waals surface area contributed by atoms with Crippen LogP contribution < -0.4 is 0 Å². The van der Waals surface area contributed by atoms with Gasteiger partial charge in [0.2, 0.25) is 0 Å². The fraction of sp³-hybridized carbons (Fsp3) is 0.647. The van der Waals surface area contributed by atoms with Crippen molar-refractivity contribution in [3.8, 4) is 0 Å². The summed E-state index contributed by atoms with van der Waals surface area (Å²) in [4.78, 5) is 0. The summed E-state index contributed by atoms with van der Waals surface area (Å²) in [6, 6.07) is 6.92. The van der Waals surface area contributed by atoms with Crippen molar-refractivity contribution in [3.05, 3.63) is 35.6 Å². The van der Waals surface area contributed by atoms with Gasteiger partial charge in [0.25, 0.3) is 0 Å². The molecule has 1 aromatic carbocycles. The Morgan fingerprint density at radius 2 is 1.95 bits per heavy atom. The summed E-state index contributed by atoms with van der Waals surface area (Å²) in [6.45, 7) is 6.57. The lowest BCUT2D eigenvalue weighted by atomic mass is 9.80. The molecule has 1 saturated carbocycles. The van der Waals surface area contributed by atoms with Crippen molar-refractivity contribution in [2.24, 2.45) is 11.8 Å². The molecular formula is C17H24BrFO. The largest absolute Gasteiger partial charge is 0.366 e. The van der Waals surface area contributed by atoms with Crippen LogP contribution in [-0.4, -0.2) is 11.4 Å². The van der Waals surface area contributed by atoms with E-state index in [0.29, 0.717) is 16.8 Å². The molecule has 0 radical (unpaired) electrons. The first-order valence-corrected chi connectivity index (χ1v) is 8.57. The lowest BCUT2D eigenvalue weighted by Gasteiger charge is -2.38. The molecule has 0 amide bonds. The third-order valence-electron chi connectivity index (χ3n) is 4.68. The first kappa shape index (κ1) is 16.0. The van der Waals surface area contributed by atoms with Crippen molar-refractivity contribution in [1.82, 2.24) is 0 Å². The summed E-state index contributed by atoms with van der Waals surface area (Å²) in [5.74, 6) is 1.25. The summed E-state index contributed by atoms with van der Waals surface area (Å²) in [5, 5.41) is 0.599. The molecule has 0 aliphatic heterocycles. The van der Waals surface area contributed by atoms with Gasteiger partial charge in [-0.2, -0.15) is 0 Å². The zero-order valence-electron chi connectivity index (χ0n) is 12.5. The Morgan fingerprint density at radius 3 is 2.55 bits per heavy atom. The molecule has 0 N–H and O–H groups in total. The number of alkyl halides is 1. The Bertz CT molecular complexity index is 450. The molecule has 0 bridgehead atoms. The van der Waals surface area contributed by atoms with Crippen LogP contribution in [0.1, 0.15) is 45.6 Å². The highest BCUT2D eigenvalue weighted by molar-refractivity contribution is 9.09. The Kier molecular flexibility index (Phi) is 5.25. The molecule has 2 rings (SSSR count). The molecule has 4 atom stereocenters. The molecule has 3 heteroatoms. The molecule has 112 valence electrons. The quantitative estimate of drug-likeness (QED) is 0.676. The van der Waals surface area contributed by atoms with Crippen LogP contribution in [0, 0.1) is 17.7 Å². The summed E-state index contributed by atoms with van der Waals surface area (Å²) in [5.41, 5.74) is 0.0409. The summed E-state index contributed by atoms with van der Waals surface area (Å²) in [7, 11) is 0. The lowest BCUT2D eigenvalue weighted by Crippen LogP contribution is -2.37. The van der Waals surface area contributed by atoms with Crippen molar-refractivity contribution in [3.63, 3.8) is 0 Å². The zero-order valence-corrected chi connectivity index (χ0v) is 14.1. The highest BCUT2D eigenvalue weighted by atomic mass is 79.9. The average molecular weight is 343 g/mol. The smallest absolute Gasteiger partial charge is 0.129 e. The SMILES string of the molecule is CC1CCC(OC(C)(CBr)c2ccccc2F)CC1C. The van der Waals surface area contributed by atoms with Crippen molar-refractivity contribution >= 4 is 15.9 Å². The van der Waals surface area contributed by atoms with E-state index in [2.05, 4.69) is 29.8 Å². The van der Waals surface area contributed by atoms with Gasteiger partial charge in [-0.3, -0.25) is 0 Å². The van der Waals surface area contributed by atoms with E-state index in [1.54, 1.807) is 6.07 Å². The van der Waals surface area contributed by atoms with Crippen LogP contribution in [-0.2, 0) is 10.3 Å². The molecule has 1 aliphatic carbocycles. The predicted octanol–water partition coefficient (Wildman–Crippen LogP) is 5.28. The van der Waals surface area contributed by atoms with Gasteiger partial charge >= 0.3 is 0 Å². The van der Waals surface area contributed by atoms with E-state index in [1.807, 2.05) is 19.1 Å². The second kappa shape index (κ2) is 6.57. The number of benzene rings is 1. The first-order valence-electron chi connectivity index (χ1n) is 7.45. The van der Waals surface area contributed by atoms with Gasteiger partial charge in [-0.1, -0.05) is 48.0 Å². The maximum Gasteiger partial charge on any atom is 0.129 e. The summed E-state index contributed by atoms with van der Waals surface area (Å²) >= 11 is 3.50. The third kappa shape index (κ3) is 3.43. The maximum absolute atomic E-state index is 14.1. The van der Waals surface area contributed by atoms with Gasteiger partial charge in [-0.05, 0) is 44.1 Å². The molecule has 4 unspecified atom stereocenters. The van der Waals surface area contributed by atoms with E-state index >= 15 is 0 Å². The minimum atomic E-state index is -0.601. The number of halogens is 2.